The van der Waals surface area contributed by atoms with Crippen molar-refractivity contribution in [2.24, 2.45) is 51.8 Å². The molecule has 5 heteroatoms. The minimum atomic E-state index is -0.615. The van der Waals surface area contributed by atoms with Gasteiger partial charge in [-0.1, -0.05) is 128 Å². The first-order chi connectivity index (χ1) is 28.0. The largest absolute Gasteiger partial charge is 0.393 e. The van der Waals surface area contributed by atoms with Crippen molar-refractivity contribution in [3.63, 3.8) is 0 Å². The SMILES string of the molecule is C=C1/C(=C\C=C2/CCC[C@@]3(C)C2CCC3[C@H](C)CCCC(C)(C)C)C[C@@H](O)C[C@@H]1O.C=C1[C@H](O)CC(=C/C=C2\CCC[C@@]3(C)C2CCC3[C@H](C)CCCC(C)(C)O)C[C@H]1O. The molecule has 0 heterocycles. The molecule has 6 aliphatic carbocycles. The van der Waals surface area contributed by atoms with E-state index < -0.39 is 30.0 Å². The topological polar surface area (TPSA) is 101 Å². The molecule has 4 unspecified atom stereocenters. The average Bonchev–Trinajstić information content (AvgIpc) is 3.70. The van der Waals surface area contributed by atoms with E-state index >= 15 is 0 Å². The third kappa shape index (κ3) is 12.3. The van der Waals surface area contributed by atoms with Crippen LogP contribution in [0.4, 0.5) is 0 Å². The van der Waals surface area contributed by atoms with Crippen LogP contribution in [0.5, 0.6) is 0 Å². The Balaban J connectivity index is 0.000000228. The Morgan fingerprint density at radius 2 is 1.15 bits per heavy atom. The predicted molar refractivity (Wildman–Crippen MR) is 251 cm³/mol. The minimum Gasteiger partial charge on any atom is -0.393 e. The molecule has 12 atom stereocenters. The molecular weight excluding hydrogens is 741 g/mol. The van der Waals surface area contributed by atoms with Crippen LogP contribution < -0.4 is 0 Å². The van der Waals surface area contributed by atoms with Gasteiger partial charge in [0.2, 0.25) is 0 Å². The third-order valence-corrected chi connectivity index (χ3v) is 17.0. The smallest absolute Gasteiger partial charge is 0.0811 e. The number of allylic oxidation sites excluding steroid dienone is 6. The summed E-state index contributed by atoms with van der Waals surface area (Å²) in [5.41, 5.74) is 7.42. The number of fused-ring (bicyclic) bond motifs is 2. The number of aliphatic hydroxyl groups is 5. The van der Waals surface area contributed by atoms with E-state index in [0.29, 0.717) is 65.3 Å². The van der Waals surface area contributed by atoms with Crippen LogP contribution in [0.2, 0.25) is 0 Å². The first-order valence-corrected chi connectivity index (χ1v) is 24.6. The molecule has 6 saturated carbocycles. The van der Waals surface area contributed by atoms with Crippen LogP contribution in [-0.4, -0.2) is 55.5 Å². The van der Waals surface area contributed by atoms with E-state index in [4.69, 9.17) is 0 Å². The van der Waals surface area contributed by atoms with Gasteiger partial charge in [0.05, 0.1) is 30.0 Å². The average molecular weight is 831 g/mol. The Morgan fingerprint density at radius 3 is 1.63 bits per heavy atom. The molecule has 0 amide bonds. The number of aliphatic hydroxyl groups excluding tert-OH is 4. The van der Waals surface area contributed by atoms with Gasteiger partial charge in [0.1, 0.15) is 0 Å². The lowest BCUT2D eigenvalue weighted by Gasteiger charge is -2.44. The zero-order valence-corrected chi connectivity index (χ0v) is 39.9. The first kappa shape index (κ1) is 49.3. The summed E-state index contributed by atoms with van der Waals surface area (Å²) in [6, 6.07) is 0. The fourth-order valence-corrected chi connectivity index (χ4v) is 13.5. The Kier molecular flexibility index (Phi) is 16.7. The molecular formula is C55H90O5. The Hall–Kier alpha value is -1.76. The second-order valence-corrected chi connectivity index (χ2v) is 23.5. The Morgan fingerprint density at radius 1 is 0.667 bits per heavy atom. The lowest BCUT2D eigenvalue weighted by atomic mass is 9.60. The van der Waals surface area contributed by atoms with Crippen molar-refractivity contribution in [1.82, 2.24) is 0 Å². The summed E-state index contributed by atoms with van der Waals surface area (Å²) < 4.78 is 0. The van der Waals surface area contributed by atoms with Crippen LogP contribution in [-0.2, 0) is 0 Å². The fourth-order valence-electron chi connectivity index (χ4n) is 13.5. The molecule has 0 aromatic rings. The highest BCUT2D eigenvalue weighted by Crippen LogP contribution is 2.61. The van der Waals surface area contributed by atoms with E-state index in [1.54, 1.807) is 11.1 Å². The van der Waals surface area contributed by atoms with E-state index in [1.165, 1.54) is 89.9 Å². The van der Waals surface area contributed by atoms with E-state index in [0.717, 1.165) is 47.3 Å². The summed E-state index contributed by atoms with van der Waals surface area (Å²) in [5.74, 6) is 4.48. The molecule has 6 rings (SSSR count). The van der Waals surface area contributed by atoms with Crippen molar-refractivity contribution < 1.29 is 25.5 Å². The van der Waals surface area contributed by atoms with Crippen molar-refractivity contribution >= 4 is 0 Å². The minimum absolute atomic E-state index is 0.386. The van der Waals surface area contributed by atoms with E-state index in [1.807, 2.05) is 13.8 Å². The van der Waals surface area contributed by atoms with Gasteiger partial charge in [-0.15, -0.1) is 0 Å². The third-order valence-electron chi connectivity index (χ3n) is 17.0. The maximum absolute atomic E-state index is 10.1. The van der Waals surface area contributed by atoms with Crippen LogP contribution in [0, 0.1) is 51.8 Å². The van der Waals surface area contributed by atoms with E-state index in [-0.39, 0.29) is 0 Å². The molecule has 60 heavy (non-hydrogen) atoms. The second kappa shape index (κ2) is 20.4. The van der Waals surface area contributed by atoms with Crippen molar-refractivity contribution in [3.05, 3.63) is 70.9 Å². The zero-order valence-electron chi connectivity index (χ0n) is 39.9. The molecule has 0 aliphatic heterocycles. The van der Waals surface area contributed by atoms with E-state index in [2.05, 4.69) is 85.9 Å². The molecule has 0 saturated heterocycles. The van der Waals surface area contributed by atoms with Gasteiger partial charge in [-0.05, 0) is 179 Å². The Labute approximate surface area is 367 Å². The monoisotopic (exact) mass is 831 g/mol. The summed E-state index contributed by atoms with van der Waals surface area (Å²) in [6.45, 7) is 28.8. The number of hydrogen-bond donors (Lipinski definition) is 5. The molecule has 0 bridgehead atoms. The van der Waals surface area contributed by atoms with Crippen molar-refractivity contribution in [1.29, 1.82) is 0 Å². The zero-order chi connectivity index (χ0) is 44.2. The standard InChI is InChI=1S/C28H46O2.C27H44O3/c1-19(9-7-15-27(3,4)5)24-13-14-25-21(10-8-16-28(24,25)6)11-12-22-17-23(29)18-26(30)20(22)2;1-18(8-6-14-26(3,4)30)22-12-13-23-21(9-7-15-27(22,23)5)11-10-20-16-24(28)19(2)25(29)17-20/h11-12,19,23-26,29-30H,2,7-10,13-18H2,1,3-6H3;10-11,18,22-25,28-30H,2,6-9,12-17H2,1,3-5H3/b21-11+,22-12-;21-11+/t19-,23-,24?,25?,26+,28-;18-,22?,23?,24-,25-,27-/m11/s1. The molecule has 0 aromatic carbocycles. The summed E-state index contributed by atoms with van der Waals surface area (Å²) in [7, 11) is 0. The molecule has 0 radical (unpaired) electrons. The van der Waals surface area contributed by atoms with Crippen LogP contribution >= 0.6 is 0 Å². The number of rotatable bonds is 11. The van der Waals surface area contributed by atoms with Crippen molar-refractivity contribution in [3.8, 4) is 0 Å². The molecule has 340 valence electrons. The maximum atomic E-state index is 10.1. The lowest BCUT2D eigenvalue weighted by molar-refractivity contribution is 0.0596. The quantitative estimate of drug-likeness (QED) is 0.134. The summed E-state index contributed by atoms with van der Waals surface area (Å²) in [5, 5.41) is 50.5. The maximum Gasteiger partial charge on any atom is 0.0811 e. The van der Waals surface area contributed by atoms with Crippen molar-refractivity contribution in [2.75, 3.05) is 0 Å². The lowest BCUT2D eigenvalue weighted by Crippen LogP contribution is -2.36. The van der Waals surface area contributed by atoms with Gasteiger partial charge in [-0.2, -0.15) is 0 Å². The summed E-state index contributed by atoms with van der Waals surface area (Å²) in [6.07, 6.45) is 29.1. The van der Waals surface area contributed by atoms with Crippen molar-refractivity contribution in [2.45, 2.75) is 221 Å². The highest BCUT2D eigenvalue weighted by atomic mass is 16.3. The fraction of sp³-hybridized carbons (Fsp3) is 0.782. The molecule has 5 N–H and O–H groups in total. The highest BCUT2D eigenvalue weighted by molar-refractivity contribution is 5.39. The van der Waals surface area contributed by atoms with Crippen LogP contribution in [0.1, 0.15) is 191 Å². The van der Waals surface area contributed by atoms with Gasteiger partial charge in [0.25, 0.3) is 0 Å². The Bertz CT molecular complexity index is 1580. The molecule has 0 aromatic heterocycles. The van der Waals surface area contributed by atoms with Gasteiger partial charge in [0, 0.05) is 6.42 Å². The van der Waals surface area contributed by atoms with Gasteiger partial charge in [-0.3, -0.25) is 0 Å². The molecule has 5 nitrogen and oxygen atoms in total. The summed E-state index contributed by atoms with van der Waals surface area (Å²) in [4.78, 5) is 0. The van der Waals surface area contributed by atoms with Gasteiger partial charge in [0.15, 0.2) is 0 Å². The van der Waals surface area contributed by atoms with Gasteiger partial charge in [-0.25, -0.2) is 0 Å². The second-order valence-electron chi connectivity index (χ2n) is 23.5. The molecule has 6 aliphatic rings. The van der Waals surface area contributed by atoms with Crippen LogP contribution in [0.15, 0.2) is 70.9 Å². The highest BCUT2D eigenvalue weighted by Gasteiger charge is 2.51. The summed E-state index contributed by atoms with van der Waals surface area (Å²) >= 11 is 0. The molecule has 0 spiro atoms. The predicted octanol–water partition coefficient (Wildman–Crippen LogP) is 12.7. The van der Waals surface area contributed by atoms with Crippen LogP contribution in [0.3, 0.4) is 0 Å². The van der Waals surface area contributed by atoms with Gasteiger partial charge >= 0.3 is 0 Å². The molecule has 6 fully saturated rings. The van der Waals surface area contributed by atoms with E-state index in [9.17, 15) is 25.5 Å². The van der Waals surface area contributed by atoms with Crippen LogP contribution in [0.25, 0.3) is 0 Å². The number of hydrogen-bond acceptors (Lipinski definition) is 5. The normalized spacial score (nSPS) is 38.1. The first-order valence-electron chi connectivity index (χ1n) is 24.6. The van der Waals surface area contributed by atoms with Gasteiger partial charge < -0.3 is 25.5 Å².